The fraction of sp³-hybridized carbons (Fsp3) is 0. The fourth-order valence-electron chi connectivity index (χ4n) is 5.70. The van der Waals surface area contributed by atoms with E-state index in [1.807, 2.05) is 48.5 Å². The highest BCUT2D eigenvalue weighted by atomic mass is 16.5. The van der Waals surface area contributed by atoms with Gasteiger partial charge in [-0.25, -0.2) is 9.97 Å². The molecule has 0 saturated heterocycles. The molecule has 41 heavy (non-hydrogen) atoms. The summed E-state index contributed by atoms with van der Waals surface area (Å²) in [5.74, 6) is 2.51. The SMILES string of the molecule is c1ccc(-c2cc(-c3ccc(-c4cccc5c4Oc4cccc6cccc-5c46)cc3)nc(-c3ccccc3)n2)cc1. The van der Waals surface area contributed by atoms with Crippen LogP contribution < -0.4 is 4.74 Å². The Kier molecular flexibility index (Phi) is 5.46. The molecule has 7 aromatic rings. The van der Waals surface area contributed by atoms with Crippen molar-refractivity contribution in [2.75, 3.05) is 0 Å². The monoisotopic (exact) mass is 524 g/mol. The quantitative estimate of drug-likeness (QED) is 0.230. The van der Waals surface area contributed by atoms with Gasteiger partial charge in [-0.1, -0.05) is 133 Å². The van der Waals surface area contributed by atoms with Crippen LogP contribution in [0.4, 0.5) is 0 Å². The zero-order valence-electron chi connectivity index (χ0n) is 22.2. The molecule has 1 aliphatic rings. The van der Waals surface area contributed by atoms with Gasteiger partial charge in [0.05, 0.1) is 11.4 Å². The molecule has 0 radical (unpaired) electrons. The van der Waals surface area contributed by atoms with Crippen LogP contribution in [0.1, 0.15) is 0 Å². The second-order valence-electron chi connectivity index (χ2n) is 10.2. The minimum Gasteiger partial charge on any atom is -0.455 e. The third-order valence-corrected chi connectivity index (χ3v) is 7.70. The standard InChI is InChI=1S/C38H24N2O/c1-3-10-26(11-4-1)33-24-34(40-38(39-33)29-12-5-2-6-13-29)27-22-20-25(21-23-27)30-16-9-18-32-31-17-7-14-28-15-8-19-35(36(28)31)41-37(30)32/h1-24H. The molecule has 0 bridgehead atoms. The van der Waals surface area contributed by atoms with Crippen molar-refractivity contribution >= 4 is 10.8 Å². The van der Waals surface area contributed by atoms with Gasteiger partial charge in [0.1, 0.15) is 11.5 Å². The molecule has 1 aromatic heterocycles. The van der Waals surface area contributed by atoms with Gasteiger partial charge < -0.3 is 4.74 Å². The number of nitrogens with zero attached hydrogens (tertiary/aromatic N) is 2. The zero-order chi connectivity index (χ0) is 27.2. The third-order valence-electron chi connectivity index (χ3n) is 7.70. The molecule has 3 heteroatoms. The van der Waals surface area contributed by atoms with Crippen LogP contribution >= 0.6 is 0 Å². The number of fused-ring (bicyclic) bond motifs is 2. The van der Waals surface area contributed by atoms with E-state index >= 15 is 0 Å². The van der Waals surface area contributed by atoms with Crippen molar-refractivity contribution in [1.82, 2.24) is 9.97 Å². The first-order chi connectivity index (χ1) is 20.3. The Labute approximate surface area is 238 Å². The highest BCUT2D eigenvalue weighted by Crippen LogP contribution is 2.50. The lowest BCUT2D eigenvalue weighted by atomic mass is 9.91. The van der Waals surface area contributed by atoms with Crippen molar-refractivity contribution in [3.63, 3.8) is 0 Å². The molecule has 0 spiro atoms. The number of rotatable bonds is 4. The van der Waals surface area contributed by atoms with Crippen LogP contribution in [0.2, 0.25) is 0 Å². The van der Waals surface area contributed by atoms with E-state index in [0.29, 0.717) is 5.82 Å². The second kappa shape index (κ2) is 9.58. The smallest absolute Gasteiger partial charge is 0.160 e. The van der Waals surface area contributed by atoms with Crippen molar-refractivity contribution in [1.29, 1.82) is 0 Å². The zero-order valence-corrected chi connectivity index (χ0v) is 22.2. The van der Waals surface area contributed by atoms with Crippen molar-refractivity contribution in [3.8, 4) is 67.7 Å². The van der Waals surface area contributed by atoms with Crippen LogP contribution in [-0.2, 0) is 0 Å². The highest BCUT2D eigenvalue weighted by Gasteiger charge is 2.22. The third kappa shape index (κ3) is 4.07. The number of para-hydroxylation sites is 1. The van der Waals surface area contributed by atoms with E-state index in [-0.39, 0.29) is 0 Å². The number of aromatic nitrogens is 2. The molecular formula is C38H24N2O. The maximum absolute atomic E-state index is 6.56. The Bertz CT molecular complexity index is 1990. The first-order valence-electron chi connectivity index (χ1n) is 13.8. The number of benzene rings is 6. The summed E-state index contributed by atoms with van der Waals surface area (Å²) in [6, 6.07) is 50.1. The number of hydrogen-bond acceptors (Lipinski definition) is 3. The van der Waals surface area contributed by atoms with Gasteiger partial charge in [-0.3, -0.25) is 0 Å². The largest absolute Gasteiger partial charge is 0.455 e. The van der Waals surface area contributed by atoms with Gasteiger partial charge in [-0.05, 0) is 28.6 Å². The minimum atomic E-state index is 0.712. The van der Waals surface area contributed by atoms with Crippen LogP contribution in [0.25, 0.3) is 66.9 Å². The maximum Gasteiger partial charge on any atom is 0.160 e. The lowest BCUT2D eigenvalue weighted by Crippen LogP contribution is -1.99. The van der Waals surface area contributed by atoms with E-state index in [2.05, 4.69) is 97.1 Å². The van der Waals surface area contributed by atoms with Gasteiger partial charge in [-0.15, -0.1) is 0 Å². The summed E-state index contributed by atoms with van der Waals surface area (Å²) in [5, 5.41) is 2.36. The molecule has 192 valence electrons. The number of hydrogen-bond donors (Lipinski definition) is 0. The van der Waals surface area contributed by atoms with Gasteiger partial charge in [-0.2, -0.15) is 0 Å². The summed E-state index contributed by atoms with van der Waals surface area (Å²) in [7, 11) is 0. The molecule has 0 N–H and O–H groups in total. The first-order valence-corrected chi connectivity index (χ1v) is 13.8. The average molecular weight is 525 g/mol. The van der Waals surface area contributed by atoms with E-state index in [4.69, 9.17) is 14.7 Å². The van der Waals surface area contributed by atoms with E-state index in [9.17, 15) is 0 Å². The van der Waals surface area contributed by atoms with Crippen LogP contribution in [-0.4, -0.2) is 9.97 Å². The summed E-state index contributed by atoms with van der Waals surface area (Å²) in [6.45, 7) is 0. The van der Waals surface area contributed by atoms with Crippen molar-refractivity contribution in [2.24, 2.45) is 0 Å². The fourth-order valence-corrected chi connectivity index (χ4v) is 5.70. The molecule has 0 atom stereocenters. The lowest BCUT2D eigenvalue weighted by molar-refractivity contribution is 0.489. The summed E-state index contributed by atoms with van der Waals surface area (Å²) in [6.07, 6.45) is 0. The minimum absolute atomic E-state index is 0.712. The Morgan fingerprint density at radius 3 is 1.71 bits per heavy atom. The topological polar surface area (TPSA) is 35.0 Å². The molecule has 0 amide bonds. The molecule has 3 nitrogen and oxygen atoms in total. The van der Waals surface area contributed by atoms with E-state index < -0.39 is 0 Å². The van der Waals surface area contributed by atoms with Gasteiger partial charge in [0.25, 0.3) is 0 Å². The summed E-state index contributed by atoms with van der Waals surface area (Å²) in [5.41, 5.74) is 9.36. The Morgan fingerprint density at radius 1 is 0.415 bits per heavy atom. The molecule has 2 heterocycles. The summed E-state index contributed by atoms with van der Waals surface area (Å²) >= 11 is 0. The van der Waals surface area contributed by atoms with Crippen molar-refractivity contribution in [3.05, 3.63) is 146 Å². The highest BCUT2D eigenvalue weighted by molar-refractivity contribution is 6.05. The summed E-state index contributed by atoms with van der Waals surface area (Å²) < 4.78 is 6.56. The molecule has 1 aliphatic heterocycles. The molecule has 0 aliphatic carbocycles. The summed E-state index contributed by atoms with van der Waals surface area (Å²) in [4.78, 5) is 9.90. The van der Waals surface area contributed by atoms with Crippen LogP contribution in [0, 0.1) is 0 Å². The first kappa shape index (κ1) is 23.4. The van der Waals surface area contributed by atoms with Crippen LogP contribution in [0.15, 0.2) is 146 Å². The number of ether oxygens (including phenoxy) is 1. The van der Waals surface area contributed by atoms with Crippen molar-refractivity contribution in [2.45, 2.75) is 0 Å². The second-order valence-corrected chi connectivity index (χ2v) is 10.2. The Hall–Kier alpha value is -5.54. The predicted octanol–water partition coefficient (Wildman–Crippen LogP) is 10.1. The molecule has 6 aromatic carbocycles. The van der Waals surface area contributed by atoms with Crippen LogP contribution in [0.5, 0.6) is 11.5 Å². The Balaban J connectivity index is 1.22. The molecular weight excluding hydrogens is 500 g/mol. The van der Waals surface area contributed by atoms with Crippen molar-refractivity contribution < 1.29 is 4.74 Å². The van der Waals surface area contributed by atoms with Gasteiger partial charge >= 0.3 is 0 Å². The van der Waals surface area contributed by atoms with E-state index in [1.54, 1.807) is 0 Å². The molecule has 8 rings (SSSR count). The molecule has 0 fully saturated rings. The van der Waals surface area contributed by atoms with Gasteiger partial charge in [0, 0.05) is 33.2 Å². The predicted molar refractivity (Wildman–Crippen MR) is 167 cm³/mol. The van der Waals surface area contributed by atoms with Gasteiger partial charge in [0.2, 0.25) is 0 Å². The van der Waals surface area contributed by atoms with Gasteiger partial charge in [0.15, 0.2) is 5.82 Å². The molecule has 0 unspecified atom stereocenters. The lowest BCUT2D eigenvalue weighted by Gasteiger charge is -2.23. The Morgan fingerprint density at radius 2 is 0.976 bits per heavy atom. The molecule has 0 saturated carbocycles. The average Bonchev–Trinajstić information content (AvgIpc) is 3.05. The van der Waals surface area contributed by atoms with Crippen LogP contribution in [0.3, 0.4) is 0 Å². The van der Waals surface area contributed by atoms with E-state index in [0.717, 1.165) is 56.3 Å². The maximum atomic E-state index is 6.56. The normalized spacial score (nSPS) is 11.6. The van der Waals surface area contributed by atoms with E-state index in [1.165, 1.54) is 16.3 Å².